The normalized spacial score (nSPS) is 10.6. The summed E-state index contributed by atoms with van der Waals surface area (Å²) in [6.45, 7) is 8.51. The van der Waals surface area contributed by atoms with Gasteiger partial charge in [-0.1, -0.05) is 45.0 Å². The number of aryl methyl sites for hydroxylation is 1. The first-order chi connectivity index (χ1) is 11.2. The van der Waals surface area contributed by atoms with E-state index in [-0.39, 0.29) is 0 Å². The smallest absolute Gasteiger partial charge is 0.142 e. The van der Waals surface area contributed by atoms with Gasteiger partial charge in [-0.2, -0.15) is 0 Å². The second-order valence-corrected chi connectivity index (χ2v) is 5.97. The molecule has 0 aliphatic carbocycles. The second-order valence-electron chi connectivity index (χ2n) is 5.97. The van der Waals surface area contributed by atoms with E-state index in [1.807, 2.05) is 36.4 Å². The molecule has 0 radical (unpaired) electrons. The van der Waals surface area contributed by atoms with E-state index in [0.717, 1.165) is 36.8 Å². The van der Waals surface area contributed by atoms with Crippen LogP contribution in [0.25, 0.3) is 0 Å². The average molecular weight is 313 g/mol. The van der Waals surface area contributed by atoms with Crippen LogP contribution in [-0.2, 0) is 6.42 Å². The van der Waals surface area contributed by atoms with Crippen LogP contribution in [0, 0.1) is 5.92 Å². The number of hydrogen-bond acceptors (Lipinski definition) is 3. The molecule has 23 heavy (non-hydrogen) atoms. The fraction of sp³-hybridized carbons (Fsp3) is 0.400. The van der Waals surface area contributed by atoms with E-state index < -0.39 is 0 Å². The van der Waals surface area contributed by atoms with Gasteiger partial charge in [0.1, 0.15) is 18.1 Å². The standard InChI is InChI=1S/C20H27NO2/c1-4-17-9-11-18(12-10-17)22-14-13-21-19-7-5-6-8-20(19)23-15-16(2)3/h5-12,16,21H,4,13-15H2,1-3H3. The van der Waals surface area contributed by atoms with Gasteiger partial charge in [-0.3, -0.25) is 0 Å². The van der Waals surface area contributed by atoms with Crippen molar-refractivity contribution in [1.29, 1.82) is 0 Å². The fourth-order valence-electron chi connectivity index (χ4n) is 2.17. The minimum atomic E-state index is 0.512. The molecule has 2 aromatic rings. The van der Waals surface area contributed by atoms with Crippen LogP contribution in [0.5, 0.6) is 11.5 Å². The highest BCUT2D eigenvalue weighted by Gasteiger charge is 2.03. The molecule has 124 valence electrons. The van der Waals surface area contributed by atoms with Crippen LogP contribution in [0.4, 0.5) is 5.69 Å². The summed E-state index contributed by atoms with van der Waals surface area (Å²) in [7, 11) is 0. The molecule has 3 nitrogen and oxygen atoms in total. The van der Waals surface area contributed by atoms with Crippen molar-refractivity contribution < 1.29 is 9.47 Å². The molecule has 0 aliphatic heterocycles. The van der Waals surface area contributed by atoms with E-state index in [2.05, 4.69) is 38.2 Å². The first-order valence-corrected chi connectivity index (χ1v) is 8.36. The van der Waals surface area contributed by atoms with Crippen molar-refractivity contribution in [1.82, 2.24) is 0 Å². The lowest BCUT2D eigenvalue weighted by molar-refractivity contribution is 0.272. The molecule has 0 atom stereocenters. The Morgan fingerprint density at radius 1 is 0.957 bits per heavy atom. The summed E-state index contributed by atoms with van der Waals surface area (Å²) in [5, 5.41) is 3.38. The second kappa shape index (κ2) is 9.09. The van der Waals surface area contributed by atoms with Crippen molar-refractivity contribution >= 4 is 5.69 Å². The van der Waals surface area contributed by atoms with Crippen LogP contribution in [0.3, 0.4) is 0 Å². The van der Waals surface area contributed by atoms with E-state index in [1.165, 1.54) is 5.56 Å². The predicted octanol–water partition coefficient (Wildman–Crippen LogP) is 4.77. The Morgan fingerprint density at radius 3 is 2.39 bits per heavy atom. The molecular weight excluding hydrogens is 286 g/mol. The summed E-state index contributed by atoms with van der Waals surface area (Å²) >= 11 is 0. The Labute approximate surface area is 139 Å². The summed E-state index contributed by atoms with van der Waals surface area (Å²) in [5.41, 5.74) is 2.34. The molecular formula is C20H27NO2. The van der Waals surface area contributed by atoms with E-state index in [0.29, 0.717) is 12.5 Å². The van der Waals surface area contributed by atoms with Gasteiger partial charge in [-0.25, -0.2) is 0 Å². The molecule has 0 heterocycles. The highest BCUT2D eigenvalue weighted by molar-refractivity contribution is 5.56. The predicted molar refractivity (Wildman–Crippen MR) is 96.6 cm³/mol. The van der Waals surface area contributed by atoms with Crippen LogP contribution < -0.4 is 14.8 Å². The average Bonchev–Trinajstić information content (AvgIpc) is 2.58. The van der Waals surface area contributed by atoms with Gasteiger partial charge in [0.2, 0.25) is 0 Å². The highest BCUT2D eigenvalue weighted by Crippen LogP contribution is 2.24. The van der Waals surface area contributed by atoms with Crippen molar-refractivity contribution in [3.63, 3.8) is 0 Å². The molecule has 2 rings (SSSR count). The number of ether oxygens (including phenoxy) is 2. The van der Waals surface area contributed by atoms with Gasteiger partial charge in [0.05, 0.1) is 12.3 Å². The Morgan fingerprint density at radius 2 is 1.70 bits per heavy atom. The quantitative estimate of drug-likeness (QED) is 0.676. The molecule has 1 N–H and O–H groups in total. The zero-order valence-corrected chi connectivity index (χ0v) is 14.3. The Balaban J connectivity index is 1.79. The zero-order chi connectivity index (χ0) is 16.5. The van der Waals surface area contributed by atoms with Gasteiger partial charge in [0.25, 0.3) is 0 Å². The monoisotopic (exact) mass is 313 g/mol. The van der Waals surface area contributed by atoms with Crippen LogP contribution in [0.1, 0.15) is 26.3 Å². The highest BCUT2D eigenvalue weighted by atomic mass is 16.5. The lowest BCUT2D eigenvalue weighted by Gasteiger charge is -2.14. The summed E-state index contributed by atoms with van der Waals surface area (Å²) in [4.78, 5) is 0. The lowest BCUT2D eigenvalue weighted by Crippen LogP contribution is -2.13. The molecule has 0 unspecified atom stereocenters. The maximum absolute atomic E-state index is 5.84. The Hall–Kier alpha value is -2.16. The number of rotatable bonds is 9. The summed E-state index contributed by atoms with van der Waals surface area (Å²) in [6.07, 6.45) is 1.05. The molecule has 0 spiro atoms. The number of nitrogens with one attached hydrogen (secondary N) is 1. The third-order valence-corrected chi connectivity index (χ3v) is 3.48. The first-order valence-electron chi connectivity index (χ1n) is 8.36. The first kappa shape index (κ1) is 17.2. The molecule has 3 heteroatoms. The number of anilines is 1. The zero-order valence-electron chi connectivity index (χ0n) is 14.3. The van der Waals surface area contributed by atoms with E-state index in [9.17, 15) is 0 Å². The molecule has 0 saturated heterocycles. The van der Waals surface area contributed by atoms with Crippen molar-refractivity contribution in [3.05, 3.63) is 54.1 Å². The summed E-state index contributed by atoms with van der Waals surface area (Å²) in [5.74, 6) is 2.32. The van der Waals surface area contributed by atoms with Gasteiger partial charge >= 0.3 is 0 Å². The van der Waals surface area contributed by atoms with E-state index >= 15 is 0 Å². The van der Waals surface area contributed by atoms with E-state index in [1.54, 1.807) is 0 Å². The summed E-state index contributed by atoms with van der Waals surface area (Å²) < 4.78 is 11.6. The van der Waals surface area contributed by atoms with Gasteiger partial charge in [-0.05, 0) is 42.2 Å². The maximum Gasteiger partial charge on any atom is 0.142 e. The molecule has 0 fully saturated rings. The maximum atomic E-state index is 5.84. The van der Waals surface area contributed by atoms with Gasteiger partial charge in [0.15, 0.2) is 0 Å². The topological polar surface area (TPSA) is 30.5 Å². The van der Waals surface area contributed by atoms with Crippen LogP contribution >= 0.6 is 0 Å². The van der Waals surface area contributed by atoms with Crippen molar-refractivity contribution in [2.75, 3.05) is 25.1 Å². The molecule has 0 aliphatic rings. The fourth-order valence-corrected chi connectivity index (χ4v) is 2.17. The van der Waals surface area contributed by atoms with Gasteiger partial charge in [0, 0.05) is 6.54 Å². The minimum Gasteiger partial charge on any atom is -0.492 e. The minimum absolute atomic E-state index is 0.512. The number of hydrogen-bond donors (Lipinski definition) is 1. The lowest BCUT2D eigenvalue weighted by atomic mass is 10.2. The van der Waals surface area contributed by atoms with Crippen molar-refractivity contribution in [2.45, 2.75) is 27.2 Å². The summed E-state index contributed by atoms with van der Waals surface area (Å²) in [6, 6.07) is 16.3. The molecule has 0 saturated carbocycles. The molecule has 0 amide bonds. The van der Waals surface area contributed by atoms with Crippen LogP contribution in [0.15, 0.2) is 48.5 Å². The third kappa shape index (κ3) is 5.85. The van der Waals surface area contributed by atoms with Crippen molar-refractivity contribution in [3.8, 4) is 11.5 Å². The van der Waals surface area contributed by atoms with Gasteiger partial charge in [-0.15, -0.1) is 0 Å². The number of benzene rings is 2. The molecule has 0 aromatic heterocycles. The molecule has 0 bridgehead atoms. The van der Waals surface area contributed by atoms with Gasteiger partial charge < -0.3 is 14.8 Å². The van der Waals surface area contributed by atoms with Crippen LogP contribution in [-0.4, -0.2) is 19.8 Å². The third-order valence-electron chi connectivity index (χ3n) is 3.48. The Bertz CT molecular complexity index is 578. The van der Waals surface area contributed by atoms with Crippen molar-refractivity contribution in [2.24, 2.45) is 5.92 Å². The largest absolute Gasteiger partial charge is 0.492 e. The number of para-hydroxylation sites is 2. The Kier molecular flexibility index (Phi) is 6.79. The molecule has 2 aromatic carbocycles. The van der Waals surface area contributed by atoms with E-state index in [4.69, 9.17) is 9.47 Å². The van der Waals surface area contributed by atoms with Crippen LogP contribution in [0.2, 0.25) is 0 Å². The SMILES string of the molecule is CCc1ccc(OCCNc2ccccc2OCC(C)C)cc1.